The number of halogens is 5. The van der Waals surface area contributed by atoms with Crippen molar-refractivity contribution < 1.29 is 30.0 Å². The molecule has 0 spiro atoms. The summed E-state index contributed by atoms with van der Waals surface area (Å²) >= 11 is 11.6. The summed E-state index contributed by atoms with van der Waals surface area (Å²) in [7, 11) is -7.27. The third-order valence-electron chi connectivity index (χ3n) is 4.33. The molecule has 2 N–H and O–H groups in total. The molecule has 33 heavy (non-hydrogen) atoms. The Morgan fingerprint density at radius 2 is 1.48 bits per heavy atom. The van der Waals surface area contributed by atoms with Gasteiger partial charge < -0.3 is 0 Å². The van der Waals surface area contributed by atoms with E-state index in [0.717, 1.165) is 18.3 Å². The topological polar surface area (TPSA) is 110 Å². The molecule has 0 aliphatic rings. The van der Waals surface area contributed by atoms with Crippen LogP contribution in [0.15, 0.2) is 52.5 Å². The lowest BCUT2D eigenvalue weighted by Gasteiger charge is -2.17. The summed E-state index contributed by atoms with van der Waals surface area (Å²) < 4.78 is 96.0. The molecule has 2 aromatic carbocycles. The molecule has 3 aromatic rings. The molecular formula is C18H15Cl2F3N4O4S2. The van der Waals surface area contributed by atoms with Crippen LogP contribution in [0.5, 0.6) is 0 Å². The molecule has 0 amide bonds. The molecule has 3 rings (SSSR count). The SMILES string of the molecule is Cc1cc(NS(=O)(=O)c2ccc(Cl)c(C(F)(F)F)c2)c(NS(=O)(=O)c2cnn(C)c2)cc1Cl. The molecule has 15 heteroatoms. The normalized spacial score (nSPS) is 12.6. The predicted octanol–water partition coefficient (Wildman–Crippen LogP) is 4.66. The Balaban J connectivity index is 2.04. The molecule has 1 heterocycles. The number of nitrogens with zero attached hydrogens (tertiary/aromatic N) is 2. The zero-order valence-corrected chi connectivity index (χ0v) is 19.9. The van der Waals surface area contributed by atoms with Gasteiger partial charge in [-0.15, -0.1) is 0 Å². The van der Waals surface area contributed by atoms with Gasteiger partial charge in [0.05, 0.1) is 33.1 Å². The Morgan fingerprint density at radius 1 is 0.909 bits per heavy atom. The maximum atomic E-state index is 13.2. The number of aromatic nitrogens is 2. The number of anilines is 2. The summed E-state index contributed by atoms with van der Waals surface area (Å²) in [5, 5.41) is 3.22. The van der Waals surface area contributed by atoms with Crippen molar-refractivity contribution in [1.29, 1.82) is 0 Å². The van der Waals surface area contributed by atoms with Crippen molar-refractivity contribution in [3.05, 3.63) is 63.9 Å². The van der Waals surface area contributed by atoms with E-state index in [-0.39, 0.29) is 21.3 Å². The number of rotatable bonds is 6. The number of aryl methyl sites for hydroxylation is 2. The van der Waals surface area contributed by atoms with Crippen molar-refractivity contribution in [2.45, 2.75) is 22.9 Å². The number of sulfonamides is 2. The number of alkyl halides is 3. The van der Waals surface area contributed by atoms with Crippen LogP contribution in [-0.4, -0.2) is 26.6 Å². The lowest BCUT2D eigenvalue weighted by molar-refractivity contribution is -0.137. The minimum Gasteiger partial charge on any atom is -0.277 e. The average Bonchev–Trinajstić information content (AvgIpc) is 3.12. The minimum atomic E-state index is -4.88. The van der Waals surface area contributed by atoms with Gasteiger partial charge in [0.15, 0.2) is 0 Å². The van der Waals surface area contributed by atoms with Gasteiger partial charge in [0.1, 0.15) is 4.90 Å². The summed E-state index contributed by atoms with van der Waals surface area (Å²) in [5.74, 6) is 0. The van der Waals surface area contributed by atoms with Crippen LogP contribution in [0.1, 0.15) is 11.1 Å². The number of benzene rings is 2. The minimum absolute atomic E-state index is 0.118. The quantitative estimate of drug-likeness (QED) is 0.470. The monoisotopic (exact) mass is 542 g/mol. The van der Waals surface area contributed by atoms with Crippen molar-refractivity contribution in [2.24, 2.45) is 7.05 Å². The second kappa shape index (κ2) is 8.70. The van der Waals surface area contributed by atoms with E-state index < -0.39 is 41.7 Å². The highest BCUT2D eigenvalue weighted by atomic mass is 35.5. The first-order valence-electron chi connectivity index (χ1n) is 8.81. The van der Waals surface area contributed by atoms with Crippen LogP contribution in [0.4, 0.5) is 24.5 Å². The lowest BCUT2D eigenvalue weighted by atomic mass is 10.2. The summed E-state index contributed by atoms with van der Waals surface area (Å²) in [4.78, 5) is -0.934. The van der Waals surface area contributed by atoms with Crippen LogP contribution in [0.2, 0.25) is 10.0 Å². The summed E-state index contributed by atoms with van der Waals surface area (Å²) in [6, 6.07) is 4.49. The molecule has 1 aromatic heterocycles. The largest absolute Gasteiger partial charge is 0.417 e. The molecule has 0 radical (unpaired) electrons. The third kappa shape index (κ3) is 5.54. The maximum absolute atomic E-state index is 13.2. The van der Waals surface area contributed by atoms with Crippen LogP contribution >= 0.6 is 23.2 Å². The first-order valence-corrected chi connectivity index (χ1v) is 12.5. The third-order valence-corrected chi connectivity index (χ3v) is 7.75. The maximum Gasteiger partial charge on any atom is 0.417 e. The fourth-order valence-electron chi connectivity index (χ4n) is 2.68. The Labute approximate surface area is 197 Å². The summed E-state index contributed by atoms with van der Waals surface area (Å²) in [5.41, 5.74) is -1.46. The molecule has 0 saturated carbocycles. The average molecular weight is 543 g/mol. The Morgan fingerprint density at radius 3 is 2.03 bits per heavy atom. The van der Waals surface area contributed by atoms with Gasteiger partial charge in [0.25, 0.3) is 20.0 Å². The van der Waals surface area contributed by atoms with Gasteiger partial charge in [0.2, 0.25) is 0 Å². The van der Waals surface area contributed by atoms with Gasteiger partial charge in [-0.3, -0.25) is 14.1 Å². The van der Waals surface area contributed by atoms with Gasteiger partial charge in [-0.25, -0.2) is 16.8 Å². The zero-order chi connectivity index (χ0) is 24.8. The second-order valence-electron chi connectivity index (χ2n) is 6.85. The van der Waals surface area contributed by atoms with E-state index in [1.165, 1.54) is 37.0 Å². The van der Waals surface area contributed by atoms with E-state index in [1.807, 2.05) is 0 Å². The summed E-state index contributed by atoms with van der Waals surface area (Å²) in [6.07, 6.45) is -2.59. The van der Waals surface area contributed by atoms with E-state index in [0.29, 0.717) is 11.6 Å². The van der Waals surface area contributed by atoms with Crippen LogP contribution < -0.4 is 9.44 Å². The molecule has 0 bridgehead atoms. The van der Waals surface area contributed by atoms with E-state index in [1.54, 1.807) is 0 Å². The molecule has 0 aliphatic carbocycles. The van der Waals surface area contributed by atoms with Crippen molar-refractivity contribution >= 4 is 54.6 Å². The van der Waals surface area contributed by atoms with Gasteiger partial charge in [-0.1, -0.05) is 23.2 Å². The second-order valence-corrected chi connectivity index (χ2v) is 11.0. The van der Waals surface area contributed by atoms with E-state index in [2.05, 4.69) is 14.5 Å². The highest BCUT2D eigenvalue weighted by molar-refractivity contribution is 7.93. The van der Waals surface area contributed by atoms with Crippen LogP contribution in [0, 0.1) is 6.92 Å². The summed E-state index contributed by atoms with van der Waals surface area (Å²) in [6.45, 7) is 1.53. The molecular weight excluding hydrogens is 528 g/mol. The van der Waals surface area contributed by atoms with Gasteiger partial charge in [0, 0.05) is 18.3 Å². The van der Waals surface area contributed by atoms with Crippen LogP contribution in [0.3, 0.4) is 0 Å². The molecule has 0 fully saturated rings. The molecule has 178 valence electrons. The van der Waals surface area contributed by atoms with E-state index >= 15 is 0 Å². The van der Waals surface area contributed by atoms with Crippen molar-refractivity contribution in [2.75, 3.05) is 9.44 Å². The van der Waals surface area contributed by atoms with E-state index in [4.69, 9.17) is 23.2 Å². The molecule has 0 aliphatic heterocycles. The van der Waals surface area contributed by atoms with Gasteiger partial charge in [-0.05, 0) is 42.8 Å². The molecule has 8 nitrogen and oxygen atoms in total. The van der Waals surface area contributed by atoms with Crippen molar-refractivity contribution in [3.63, 3.8) is 0 Å². The number of hydrogen-bond acceptors (Lipinski definition) is 5. The molecule has 0 unspecified atom stereocenters. The zero-order valence-electron chi connectivity index (χ0n) is 16.8. The predicted molar refractivity (Wildman–Crippen MR) is 117 cm³/mol. The Hall–Kier alpha value is -2.48. The number of hydrogen-bond donors (Lipinski definition) is 2. The molecule has 0 atom stereocenters. The van der Waals surface area contributed by atoms with Crippen LogP contribution in [-0.2, 0) is 33.3 Å². The standard InChI is InChI=1S/C18H15Cl2F3N4O4S2/c1-10-5-16(17(7-15(10)20)26-33(30,31)12-8-24-27(2)9-12)25-32(28,29)11-3-4-14(19)13(6-11)18(21,22)23/h3-9,25-26H,1-2H3. The van der Waals surface area contributed by atoms with Crippen molar-refractivity contribution in [3.8, 4) is 0 Å². The first kappa shape index (κ1) is 25.1. The highest BCUT2D eigenvalue weighted by Crippen LogP contribution is 2.37. The smallest absolute Gasteiger partial charge is 0.277 e. The van der Waals surface area contributed by atoms with Gasteiger partial charge in [-0.2, -0.15) is 18.3 Å². The Bertz CT molecular complexity index is 1440. The number of nitrogens with one attached hydrogen (secondary N) is 2. The van der Waals surface area contributed by atoms with E-state index in [9.17, 15) is 30.0 Å². The fraction of sp³-hybridized carbons (Fsp3) is 0.167. The van der Waals surface area contributed by atoms with Crippen LogP contribution in [0.25, 0.3) is 0 Å². The highest BCUT2D eigenvalue weighted by Gasteiger charge is 2.34. The lowest BCUT2D eigenvalue weighted by Crippen LogP contribution is -2.18. The first-order chi connectivity index (χ1) is 15.1. The Kier molecular flexibility index (Phi) is 6.63. The molecule has 0 saturated heterocycles. The fourth-order valence-corrected chi connectivity index (χ4v) is 5.22. The van der Waals surface area contributed by atoms with Gasteiger partial charge >= 0.3 is 6.18 Å². The van der Waals surface area contributed by atoms with Crippen molar-refractivity contribution in [1.82, 2.24) is 9.78 Å².